The number of rotatable bonds is 2. The summed E-state index contributed by atoms with van der Waals surface area (Å²) in [5.41, 5.74) is 1.68. The first kappa shape index (κ1) is 12.1. The molecule has 1 amide bonds. The molecule has 0 aliphatic rings. The van der Waals surface area contributed by atoms with Gasteiger partial charge in [0.15, 0.2) is 11.4 Å². The SMILES string of the molecule is Cc1cc(-c2ccc3nnc(N(C)C(=O)O)n3n2)on1. The second kappa shape index (κ2) is 4.30. The summed E-state index contributed by atoms with van der Waals surface area (Å²) in [6.07, 6.45) is -1.15. The highest BCUT2D eigenvalue weighted by Gasteiger charge is 2.17. The lowest BCUT2D eigenvalue weighted by Crippen LogP contribution is -2.26. The molecule has 20 heavy (non-hydrogen) atoms. The van der Waals surface area contributed by atoms with Gasteiger partial charge >= 0.3 is 6.09 Å². The smallest absolute Gasteiger partial charge is 0.414 e. The van der Waals surface area contributed by atoms with Crippen molar-refractivity contribution in [3.63, 3.8) is 0 Å². The number of aromatic nitrogens is 5. The Kier molecular flexibility index (Phi) is 2.60. The molecule has 0 aromatic carbocycles. The average Bonchev–Trinajstić information content (AvgIpc) is 3.03. The Hall–Kier alpha value is -2.97. The highest BCUT2D eigenvalue weighted by molar-refractivity contribution is 5.83. The van der Waals surface area contributed by atoms with Crippen molar-refractivity contribution >= 4 is 17.7 Å². The predicted molar refractivity (Wildman–Crippen MR) is 67.4 cm³/mol. The Bertz CT molecular complexity index is 792. The van der Waals surface area contributed by atoms with Crippen LogP contribution in [0.3, 0.4) is 0 Å². The number of amides is 1. The van der Waals surface area contributed by atoms with Crippen molar-refractivity contribution in [2.45, 2.75) is 6.92 Å². The fraction of sp³-hybridized carbons (Fsp3) is 0.182. The number of hydrogen-bond donors (Lipinski definition) is 1. The first-order valence-corrected chi connectivity index (χ1v) is 5.69. The second-order valence-corrected chi connectivity index (χ2v) is 4.16. The molecule has 0 aliphatic heterocycles. The van der Waals surface area contributed by atoms with E-state index in [4.69, 9.17) is 9.63 Å². The molecule has 3 heterocycles. The number of fused-ring (bicyclic) bond motifs is 1. The van der Waals surface area contributed by atoms with Gasteiger partial charge in [0.1, 0.15) is 5.69 Å². The molecule has 0 aliphatic carbocycles. The van der Waals surface area contributed by atoms with Gasteiger partial charge in [-0.2, -0.15) is 9.61 Å². The molecule has 0 saturated carbocycles. The summed E-state index contributed by atoms with van der Waals surface area (Å²) in [6.45, 7) is 1.80. The average molecular weight is 274 g/mol. The molecule has 102 valence electrons. The van der Waals surface area contributed by atoms with Gasteiger partial charge in [-0.3, -0.25) is 0 Å². The number of carboxylic acid groups (broad SMARTS) is 1. The molecule has 9 heteroatoms. The van der Waals surface area contributed by atoms with E-state index in [0.29, 0.717) is 17.1 Å². The van der Waals surface area contributed by atoms with E-state index >= 15 is 0 Å². The summed E-state index contributed by atoms with van der Waals surface area (Å²) >= 11 is 0. The van der Waals surface area contributed by atoms with Crippen LogP contribution in [0.2, 0.25) is 0 Å². The van der Waals surface area contributed by atoms with Crippen molar-refractivity contribution in [2.75, 3.05) is 11.9 Å². The van der Waals surface area contributed by atoms with Gasteiger partial charge in [0.05, 0.1) is 5.69 Å². The van der Waals surface area contributed by atoms with E-state index < -0.39 is 6.09 Å². The lowest BCUT2D eigenvalue weighted by Gasteiger charge is -2.09. The maximum Gasteiger partial charge on any atom is 0.414 e. The number of carbonyl (C=O) groups is 1. The van der Waals surface area contributed by atoms with E-state index in [1.54, 1.807) is 25.1 Å². The summed E-state index contributed by atoms with van der Waals surface area (Å²) in [4.78, 5) is 11.9. The van der Waals surface area contributed by atoms with Gasteiger partial charge in [0, 0.05) is 13.1 Å². The lowest BCUT2D eigenvalue weighted by molar-refractivity contribution is 0.203. The molecule has 0 bridgehead atoms. The minimum Gasteiger partial charge on any atom is -0.465 e. The number of hydrogen-bond acceptors (Lipinski definition) is 6. The Labute approximate surface area is 112 Å². The van der Waals surface area contributed by atoms with E-state index in [1.807, 2.05) is 0 Å². The minimum atomic E-state index is -1.15. The third-order valence-corrected chi connectivity index (χ3v) is 2.71. The van der Waals surface area contributed by atoms with Gasteiger partial charge in [-0.05, 0) is 19.1 Å². The summed E-state index contributed by atoms with van der Waals surface area (Å²) in [7, 11) is 1.37. The second-order valence-electron chi connectivity index (χ2n) is 4.16. The highest BCUT2D eigenvalue weighted by atomic mass is 16.5. The zero-order chi connectivity index (χ0) is 14.3. The third-order valence-electron chi connectivity index (χ3n) is 2.71. The van der Waals surface area contributed by atoms with E-state index in [0.717, 1.165) is 10.6 Å². The predicted octanol–water partition coefficient (Wildman–Crippen LogP) is 1.20. The lowest BCUT2D eigenvalue weighted by atomic mass is 10.3. The van der Waals surface area contributed by atoms with Gasteiger partial charge in [0.2, 0.25) is 0 Å². The molecule has 1 N–H and O–H groups in total. The maximum absolute atomic E-state index is 11.0. The molecule has 0 radical (unpaired) electrons. The standard InChI is InChI=1S/C11H10N6O3/c1-6-5-8(20-15-6)7-3-4-9-12-13-10(17(9)14-7)16(2)11(18)19/h3-5H,1-2H3,(H,18,19). The number of anilines is 1. The van der Waals surface area contributed by atoms with Crippen LogP contribution < -0.4 is 4.90 Å². The van der Waals surface area contributed by atoms with Crippen LogP contribution >= 0.6 is 0 Å². The van der Waals surface area contributed by atoms with Crippen molar-refractivity contribution in [1.82, 2.24) is 25.0 Å². The van der Waals surface area contributed by atoms with Gasteiger partial charge in [-0.25, -0.2) is 9.69 Å². The third kappa shape index (κ3) is 1.85. The van der Waals surface area contributed by atoms with Crippen LogP contribution in [0.15, 0.2) is 22.7 Å². The first-order valence-electron chi connectivity index (χ1n) is 5.69. The Morgan fingerprint density at radius 1 is 1.40 bits per heavy atom. The fourth-order valence-electron chi connectivity index (χ4n) is 1.69. The van der Waals surface area contributed by atoms with E-state index in [1.165, 1.54) is 11.6 Å². The molecule has 0 unspecified atom stereocenters. The van der Waals surface area contributed by atoms with E-state index in [2.05, 4.69) is 20.5 Å². The zero-order valence-corrected chi connectivity index (χ0v) is 10.7. The van der Waals surface area contributed by atoms with Crippen LogP contribution in [0, 0.1) is 6.92 Å². The summed E-state index contributed by atoms with van der Waals surface area (Å²) in [5, 5.41) is 24.7. The van der Waals surface area contributed by atoms with Crippen molar-refractivity contribution in [3.05, 3.63) is 23.9 Å². The quantitative estimate of drug-likeness (QED) is 0.747. The van der Waals surface area contributed by atoms with Gasteiger partial charge in [-0.1, -0.05) is 5.16 Å². The Morgan fingerprint density at radius 2 is 2.20 bits per heavy atom. The van der Waals surface area contributed by atoms with Gasteiger partial charge in [0.25, 0.3) is 5.95 Å². The zero-order valence-electron chi connectivity index (χ0n) is 10.7. The molecule has 3 aromatic heterocycles. The van der Waals surface area contributed by atoms with Crippen LogP contribution in [0.25, 0.3) is 17.1 Å². The molecule has 0 saturated heterocycles. The number of nitrogens with zero attached hydrogens (tertiary/aromatic N) is 6. The van der Waals surface area contributed by atoms with Gasteiger partial charge < -0.3 is 9.63 Å². The molecular formula is C11H10N6O3. The van der Waals surface area contributed by atoms with Crippen molar-refractivity contribution in [3.8, 4) is 11.5 Å². The van der Waals surface area contributed by atoms with Gasteiger partial charge in [-0.15, -0.1) is 10.2 Å². The molecule has 3 aromatic rings. The molecule has 0 spiro atoms. The maximum atomic E-state index is 11.0. The minimum absolute atomic E-state index is 0.102. The molecule has 3 rings (SSSR count). The van der Waals surface area contributed by atoms with Crippen molar-refractivity contribution in [2.24, 2.45) is 0 Å². The molecule has 0 atom stereocenters. The molecule has 9 nitrogen and oxygen atoms in total. The largest absolute Gasteiger partial charge is 0.465 e. The van der Waals surface area contributed by atoms with Crippen LogP contribution in [-0.2, 0) is 0 Å². The van der Waals surface area contributed by atoms with E-state index in [9.17, 15) is 4.79 Å². The van der Waals surface area contributed by atoms with Crippen LogP contribution in [0.5, 0.6) is 0 Å². The van der Waals surface area contributed by atoms with Crippen molar-refractivity contribution < 1.29 is 14.4 Å². The number of aryl methyl sites for hydroxylation is 1. The normalized spacial score (nSPS) is 10.9. The monoisotopic (exact) mass is 274 g/mol. The molecular weight excluding hydrogens is 264 g/mol. The Balaban J connectivity index is 2.14. The summed E-state index contributed by atoms with van der Waals surface area (Å²) < 4.78 is 6.46. The summed E-state index contributed by atoms with van der Waals surface area (Å²) in [5.74, 6) is 0.590. The first-order chi connectivity index (χ1) is 9.56. The van der Waals surface area contributed by atoms with E-state index in [-0.39, 0.29) is 5.95 Å². The van der Waals surface area contributed by atoms with Crippen molar-refractivity contribution in [1.29, 1.82) is 0 Å². The van der Waals surface area contributed by atoms with Crippen LogP contribution in [0.1, 0.15) is 5.69 Å². The highest BCUT2D eigenvalue weighted by Crippen LogP contribution is 2.19. The topological polar surface area (TPSA) is 110 Å². The van der Waals surface area contributed by atoms with Crippen LogP contribution in [0.4, 0.5) is 10.7 Å². The fourth-order valence-corrected chi connectivity index (χ4v) is 1.69. The summed E-state index contributed by atoms with van der Waals surface area (Å²) in [6, 6.07) is 5.11. The Morgan fingerprint density at radius 3 is 2.85 bits per heavy atom. The van der Waals surface area contributed by atoms with Crippen LogP contribution in [-0.4, -0.2) is 43.2 Å². The molecule has 0 fully saturated rings.